The lowest BCUT2D eigenvalue weighted by atomic mass is 10.2. The molecule has 6 heteroatoms. The molecule has 1 aromatic carbocycles. The molecule has 0 bridgehead atoms. The highest BCUT2D eigenvalue weighted by Crippen LogP contribution is 2.19. The van der Waals surface area contributed by atoms with Crippen LogP contribution in [-0.2, 0) is 4.79 Å². The van der Waals surface area contributed by atoms with Crippen LogP contribution in [0.3, 0.4) is 0 Å². The van der Waals surface area contributed by atoms with Gasteiger partial charge in [0.15, 0.2) is 5.82 Å². The molecule has 5 nitrogen and oxygen atoms in total. The summed E-state index contributed by atoms with van der Waals surface area (Å²) < 4.78 is 4.86. The first-order valence-electron chi connectivity index (χ1n) is 5.78. The van der Waals surface area contributed by atoms with Crippen molar-refractivity contribution < 1.29 is 9.32 Å². The lowest BCUT2D eigenvalue weighted by Crippen LogP contribution is -2.22. The number of hydrogen-bond acceptors (Lipinski definition) is 4. The SMILES string of the molecule is Cc1cc(NC(=O)CNc2cc(Cl)ccc2C)no1. The first-order chi connectivity index (χ1) is 9.04. The zero-order valence-electron chi connectivity index (χ0n) is 10.7. The molecule has 0 saturated carbocycles. The van der Waals surface area contributed by atoms with E-state index in [1.165, 1.54) is 0 Å². The molecule has 0 unspecified atom stereocenters. The van der Waals surface area contributed by atoms with Crippen molar-refractivity contribution in [3.05, 3.63) is 40.6 Å². The van der Waals surface area contributed by atoms with Gasteiger partial charge in [-0.1, -0.05) is 22.8 Å². The minimum Gasteiger partial charge on any atom is -0.376 e. The number of nitrogens with one attached hydrogen (secondary N) is 2. The summed E-state index contributed by atoms with van der Waals surface area (Å²) in [6.45, 7) is 3.83. The van der Waals surface area contributed by atoms with Crippen molar-refractivity contribution >= 4 is 29.0 Å². The zero-order chi connectivity index (χ0) is 13.8. The first kappa shape index (κ1) is 13.4. The molecule has 0 saturated heterocycles. The van der Waals surface area contributed by atoms with E-state index in [2.05, 4.69) is 15.8 Å². The highest BCUT2D eigenvalue weighted by molar-refractivity contribution is 6.30. The number of rotatable bonds is 4. The van der Waals surface area contributed by atoms with Crippen LogP contribution in [0.2, 0.25) is 5.02 Å². The van der Waals surface area contributed by atoms with Gasteiger partial charge in [0.05, 0.1) is 6.54 Å². The summed E-state index contributed by atoms with van der Waals surface area (Å²) in [4.78, 5) is 11.7. The monoisotopic (exact) mass is 279 g/mol. The number of carbonyl (C=O) groups is 1. The summed E-state index contributed by atoms with van der Waals surface area (Å²) in [6, 6.07) is 7.14. The molecule has 100 valence electrons. The first-order valence-corrected chi connectivity index (χ1v) is 6.15. The van der Waals surface area contributed by atoms with Gasteiger partial charge in [-0.2, -0.15) is 0 Å². The molecule has 1 heterocycles. The predicted molar refractivity (Wildman–Crippen MR) is 74.5 cm³/mol. The number of amides is 1. The molecular formula is C13H14ClN3O2. The third-order valence-corrected chi connectivity index (χ3v) is 2.77. The van der Waals surface area contributed by atoms with E-state index in [-0.39, 0.29) is 12.5 Å². The Balaban J connectivity index is 1.91. The second-order valence-corrected chi connectivity index (χ2v) is 4.62. The normalized spacial score (nSPS) is 10.3. The van der Waals surface area contributed by atoms with E-state index in [0.29, 0.717) is 16.6 Å². The number of benzene rings is 1. The van der Waals surface area contributed by atoms with Gasteiger partial charge in [0.25, 0.3) is 0 Å². The Bertz CT molecular complexity index is 595. The lowest BCUT2D eigenvalue weighted by Gasteiger charge is -2.09. The molecule has 0 fully saturated rings. The fourth-order valence-electron chi connectivity index (χ4n) is 1.57. The predicted octanol–water partition coefficient (Wildman–Crippen LogP) is 3.00. The van der Waals surface area contributed by atoms with Crippen LogP contribution in [0.25, 0.3) is 0 Å². The molecule has 2 rings (SSSR count). The maximum Gasteiger partial charge on any atom is 0.244 e. The van der Waals surface area contributed by atoms with Crippen molar-refractivity contribution in [3.8, 4) is 0 Å². The van der Waals surface area contributed by atoms with Crippen molar-refractivity contribution in [1.82, 2.24) is 5.16 Å². The Morgan fingerprint density at radius 3 is 2.84 bits per heavy atom. The Labute approximate surface area is 115 Å². The molecule has 0 aliphatic rings. The fraction of sp³-hybridized carbons (Fsp3) is 0.231. The lowest BCUT2D eigenvalue weighted by molar-refractivity contribution is -0.114. The van der Waals surface area contributed by atoms with E-state index in [1.807, 2.05) is 13.0 Å². The molecule has 0 aliphatic heterocycles. The largest absolute Gasteiger partial charge is 0.376 e. The number of halogens is 1. The number of hydrogen-bond donors (Lipinski definition) is 2. The van der Waals surface area contributed by atoms with Crippen molar-refractivity contribution in [2.45, 2.75) is 13.8 Å². The fourth-order valence-corrected chi connectivity index (χ4v) is 1.74. The van der Waals surface area contributed by atoms with Gasteiger partial charge in [0.1, 0.15) is 5.76 Å². The number of anilines is 2. The molecule has 19 heavy (non-hydrogen) atoms. The van der Waals surface area contributed by atoms with Crippen molar-refractivity contribution in [3.63, 3.8) is 0 Å². The van der Waals surface area contributed by atoms with Gasteiger partial charge in [-0.25, -0.2) is 0 Å². The second kappa shape index (κ2) is 5.75. The van der Waals surface area contributed by atoms with Gasteiger partial charge < -0.3 is 15.2 Å². The van der Waals surface area contributed by atoms with Gasteiger partial charge in [-0.3, -0.25) is 4.79 Å². The van der Waals surface area contributed by atoms with Crippen molar-refractivity contribution in [2.24, 2.45) is 0 Å². The van der Waals surface area contributed by atoms with Crippen LogP contribution in [-0.4, -0.2) is 17.6 Å². The van der Waals surface area contributed by atoms with Crippen LogP contribution in [0.1, 0.15) is 11.3 Å². The molecule has 0 atom stereocenters. The summed E-state index contributed by atoms with van der Waals surface area (Å²) >= 11 is 5.90. The molecule has 2 N–H and O–H groups in total. The molecule has 0 radical (unpaired) electrons. The van der Waals surface area contributed by atoms with Gasteiger partial charge >= 0.3 is 0 Å². The third-order valence-electron chi connectivity index (χ3n) is 2.53. The standard InChI is InChI=1S/C13H14ClN3O2/c1-8-3-4-10(14)6-11(8)15-7-13(18)16-12-5-9(2)19-17-12/h3-6,15H,7H2,1-2H3,(H,16,17,18). The molecule has 2 aromatic rings. The number of aromatic nitrogens is 1. The maximum atomic E-state index is 11.7. The second-order valence-electron chi connectivity index (χ2n) is 4.18. The molecule has 0 spiro atoms. The minimum absolute atomic E-state index is 0.132. The molecule has 1 aromatic heterocycles. The topological polar surface area (TPSA) is 67.2 Å². The summed E-state index contributed by atoms with van der Waals surface area (Å²) in [6.07, 6.45) is 0. The van der Waals surface area contributed by atoms with Crippen LogP contribution in [0.5, 0.6) is 0 Å². The zero-order valence-corrected chi connectivity index (χ0v) is 11.4. The van der Waals surface area contributed by atoms with Gasteiger partial charge in [0.2, 0.25) is 5.91 Å². The molecular weight excluding hydrogens is 266 g/mol. The van der Waals surface area contributed by atoms with Crippen LogP contribution in [0.15, 0.2) is 28.8 Å². The van der Waals surface area contributed by atoms with E-state index in [0.717, 1.165) is 11.3 Å². The van der Waals surface area contributed by atoms with E-state index in [4.69, 9.17) is 16.1 Å². The average molecular weight is 280 g/mol. The van der Waals surface area contributed by atoms with E-state index >= 15 is 0 Å². The maximum absolute atomic E-state index is 11.7. The van der Waals surface area contributed by atoms with Crippen LogP contribution in [0, 0.1) is 13.8 Å². The van der Waals surface area contributed by atoms with Crippen LogP contribution < -0.4 is 10.6 Å². The van der Waals surface area contributed by atoms with Crippen LogP contribution in [0.4, 0.5) is 11.5 Å². The van der Waals surface area contributed by atoms with Gasteiger partial charge in [-0.05, 0) is 31.5 Å². The Hall–Kier alpha value is -2.01. The van der Waals surface area contributed by atoms with E-state index in [9.17, 15) is 4.79 Å². The van der Waals surface area contributed by atoms with Crippen LogP contribution >= 0.6 is 11.6 Å². The number of carbonyl (C=O) groups excluding carboxylic acids is 1. The minimum atomic E-state index is -0.201. The summed E-state index contributed by atoms with van der Waals surface area (Å²) in [5.41, 5.74) is 1.86. The number of aryl methyl sites for hydroxylation is 2. The van der Waals surface area contributed by atoms with E-state index < -0.39 is 0 Å². The highest BCUT2D eigenvalue weighted by Gasteiger charge is 2.07. The quantitative estimate of drug-likeness (QED) is 0.903. The third kappa shape index (κ3) is 3.72. The Kier molecular flexibility index (Phi) is 4.06. The highest BCUT2D eigenvalue weighted by atomic mass is 35.5. The molecule has 0 aliphatic carbocycles. The van der Waals surface area contributed by atoms with Gasteiger partial charge in [-0.15, -0.1) is 0 Å². The Morgan fingerprint density at radius 1 is 1.37 bits per heavy atom. The Morgan fingerprint density at radius 2 is 2.16 bits per heavy atom. The number of nitrogens with zero attached hydrogens (tertiary/aromatic N) is 1. The van der Waals surface area contributed by atoms with E-state index in [1.54, 1.807) is 25.1 Å². The van der Waals surface area contributed by atoms with Gasteiger partial charge in [0, 0.05) is 16.8 Å². The summed E-state index contributed by atoms with van der Waals surface area (Å²) in [7, 11) is 0. The summed E-state index contributed by atoms with van der Waals surface area (Å²) in [5, 5.41) is 9.97. The average Bonchev–Trinajstić information content (AvgIpc) is 2.76. The smallest absolute Gasteiger partial charge is 0.244 e. The van der Waals surface area contributed by atoms with Crippen molar-refractivity contribution in [2.75, 3.05) is 17.2 Å². The summed E-state index contributed by atoms with van der Waals surface area (Å²) in [5.74, 6) is 0.855. The molecule has 1 amide bonds. The van der Waals surface area contributed by atoms with Crippen molar-refractivity contribution in [1.29, 1.82) is 0 Å².